The van der Waals surface area contributed by atoms with E-state index in [1.165, 1.54) is 11.1 Å². The van der Waals surface area contributed by atoms with Gasteiger partial charge in [-0.15, -0.1) is 0 Å². The molecular weight excluding hydrogens is 340 g/mol. The van der Waals surface area contributed by atoms with E-state index in [4.69, 9.17) is 9.72 Å². The van der Waals surface area contributed by atoms with Gasteiger partial charge >= 0.3 is 0 Å². The zero-order valence-electron chi connectivity index (χ0n) is 14.9. The molecule has 0 amide bonds. The number of hydrogen-bond acceptors (Lipinski definition) is 5. The molecule has 0 bridgehead atoms. The third-order valence-corrected chi connectivity index (χ3v) is 5.22. The lowest BCUT2D eigenvalue weighted by Gasteiger charge is -2.27. The number of nitrogens with one attached hydrogen (secondary N) is 1. The van der Waals surface area contributed by atoms with Crippen molar-refractivity contribution in [2.45, 2.75) is 25.9 Å². The summed E-state index contributed by atoms with van der Waals surface area (Å²) in [5, 5.41) is 0. The lowest BCUT2D eigenvalue weighted by molar-refractivity contribution is 0.240. The molecule has 0 spiro atoms. The summed E-state index contributed by atoms with van der Waals surface area (Å²) in [6.07, 6.45) is 3.41. The van der Waals surface area contributed by atoms with Crippen molar-refractivity contribution < 1.29 is 4.74 Å². The number of rotatable bonds is 3. The molecule has 2 aliphatic rings. The fourth-order valence-electron chi connectivity index (χ4n) is 3.85. The van der Waals surface area contributed by atoms with Crippen LogP contribution in [0.3, 0.4) is 0 Å². The van der Waals surface area contributed by atoms with Gasteiger partial charge < -0.3 is 9.72 Å². The Morgan fingerprint density at radius 2 is 2.15 bits per heavy atom. The van der Waals surface area contributed by atoms with E-state index in [0.717, 1.165) is 43.1 Å². The van der Waals surface area contributed by atoms with E-state index < -0.39 is 0 Å². The van der Waals surface area contributed by atoms with Gasteiger partial charge in [-0.1, -0.05) is 18.2 Å². The maximum atomic E-state index is 12.5. The van der Waals surface area contributed by atoms with Crippen LogP contribution in [0.2, 0.25) is 0 Å². The summed E-state index contributed by atoms with van der Waals surface area (Å²) >= 11 is 0. The largest absolute Gasteiger partial charge is 0.493 e. The van der Waals surface area contributed by atoms with Crippen LogP contribution < -0.4 is 10.3 Å². The van der Waals surface area contributed by atoms with Crippen molar-refractivity contribution in [3.05, 3.63) is 75.3 Å². The molecule has 3 aromatic rings. The van der Waals surface area contributed by atoms with Crippen LogP contribution in [0.25, 0.3) is 11.5 Å². The van der Waals surface area contributed by atoms with Gasteiger partial charge in [0.15, 0.2) is 5.82 Å². The van der Waals surface area contributed by atoms with Gasteiger partial charge in [0, 0.05) is 37.8 Å². The first-order chi connectivity index (χ1) is 13.3. The summed E-state index contributed by atoms with van der Waals surface area (Å²) in [4.78, 5) is 26.7. The molecule has 5 rings (SSSR count). The van der Waals surface area contributed by atoms with Crippen molar-refractivity contribution in [1.29, 1.82) is 0 Å². The quantitative estimate of drug-likeness (QED) is 0.776. The first-order valence-electron chi connectivity index (χ1n) is 9.27. The lowest BCUT2D eigenvalue weighted by atomic mass is 10.0. The van der Waals surface area contributed by atoms with Gasteiger partial charge in [-0.3, -0.25) is 14.7 Å². The summed E-state index contributed by atoms with van der Waals surface area (Å²) in [7, 11) is 0. The van der Waals surface area contributed by atoms with Gasteiger partial charge in [-0.25, -0.2) is 4.98 Å². The van der Waals surface area contributed by atoms with E-state index in [0.29, 0.717) is 24.5 Å². The molecular formula is C21H20N4O2. The predicted molar refractivity (Wildman–Crippen MR) is 102 cm³/mol. The molecule has 6 nitrogen and oxygen atoms in total. The van der Waals surface area contributed by atoms with Gasteiger partial charge in [0.1, 0.15) is 11.4 Å². The monoisotopic (exact) mass is 360 g/mol. The molecule has 0 aliphatic carbocycles. The number of fused-ring (bicyclic) bond motifs is 2. The molecule has 1 aromatic carbocycles. The molecule has 0 unspecified atom stereocenters. The van der Waals surface area contributed by atoms with E-state index in [9.17, 15) is 4.79 Å². The Hall–Kier alpha value is -2.99. The molecule has 1 N–H and O–H groups in total. The highest BCUT2D eigenvalue weighted by molar-refractivity contribution is 5.49. The highest BCUT2D eigenvalue weighted by Crippen LogP contribution is 2.27. The second-order valence-corrected chi connectivity index (χ2v) is 7.06. The van der Waals surface area contributed by atoms with E-state index in [2.05, 4.69) is 33.1 Å². The minimum atomic E-state index is -0.0463. The maximum absolute atomic E-state index is 12.5. The first kappa shape index (κ1) is 16.2. The zero-order chi connectivity index (χ0) is 18.2. The van der Waals surface area contributed by atoms with E-state index in [1.54, 1.807) is 6.20 Å². The smallest absolute Gasteiger partial charge is 0.254 e. The van der Waals surface area contributed by atoms with E-state index in [1.807, 2.05) is 18.2 Å². The van der Waals surface area contributed by atoms with Crippen molar-refractivity contribution in [3.8, 4) is 17.3 Å². The minimum Gasteiger partial charge on any atom is -0.493 e. The summed E-state index contributed by atoms with van der Waals surface area (Å²) in [5.41, 5.74) is 4.86. The molecule has 4 heterocycles. The number of nitrogens with zero attached hydrogens (tertiary/aromatic N) is 3. The second kappa shape index (κ2) is 6.63. The van der Waals surface area contributed by atoms with Gasteiger partial charge in [0.05, 0.1) is 12.3 Å². The number of hydrogen-bond donors (Lipinski definition) is 1. The normalized spacial score (nSPS) is 15.9. The standard InChI is InChI=1S/C21H20N4O2/c26-21-16-6-9-25(12-14-4-5-19-15(11-14)7-10-27-19)13-18(16)23-20(24-21)17-3-1-2-8-22-17/h1-5,8,11H,6-7,9-10,12-13H2,(H,23,24,26). The van der Waals surface area contributed by atoms with Gasteiger partial charge in [-0.2, -0.15) is 0 Å². The SMILES string of the molecule is O=c1[nH]c(-c2ccccn2)nc2c1CCN(Cc1ccc3c(c1)CCO3)C2. The van der Waals surface area contributed by atoms with Crippen molar-refractivity contribution in [3.63, 3.8) is 0 Å². The van der Waals surface area contributed by atoms with Crippen LogP contribution in [0, 0.1) is 0 Å². The zero-order valence-corrected chi connectivity index (χ0v) is 14.9. The van der Waals surface area contributed by atoms with Gasteiger partial charge in [0.25, 0.3) is 5.56 Å². The Morgan fingerprint density at radius 1 is 1.19 bits per heavy atom. The molecule has 0 fully saturated rings. The van der Waals surface area contributed by atoms with Crippen molar-refractivity contribution in [1.82, 2.24) is 19.9 Å². The molecule has 136 valence electrons. The second-order valence-electron chi connectivity index (χ2n) is 7.06. The van der Waals surface area contributed by atoms with Crippen LogP contribution in [0.1, 0.15) is 22.4 Å². The molecule has 0 saturated carbocycles. The Labute approximate surface area is 156 Å². The molecule has 0 atom stereocenters. The molecule has 27 heavy (non-hydrogen) atoms. The number of benzene rings is 1. The molecule has 2 aliphatic heterocycles. The Morgan fingerprint density at radius 3 is 3.04 bits per heavy atom. The maximum Gasteiger partial charge on any atom is 0.254 e. The summed E-state index contributed by atoms with van der Waals surface area (Å²) in [6, 6.07) is 12.0. The first-order valence-corrected chi connectivity index (χ1v) is 9.27. The highest BCUT2D eigenvalue weighted by atomic mass is 16.5. The van der Waals surface area contributed by atoms with Crippen LogP contribution in [0.15, 0.2) is 47.4 Å². The summed E-state index contributed by atoms with van der Waals surface area (Å²) < 4.78 is 5.59. The average Bonchev–Trinajstić information content (AvgIpc) is 3.16. The van der Waals surface area contributed by atoms with Crippen LogP contribution in [-0.4, -0.2) is 33.0 Å². The highest BCUT2D eigenvalue weighted by Gasteiger charge is 2.22. The Balaban J connectivity index is 1.40. The number of ether oxygens (including phenoxy) is 1. The Bertz CT molecular complexity index is 1050. The number of aromatic nitrogens is 3. The third kappa shape index (κ3) is 3.13. The van der Waals surface area contributed by atoms with Crippen molar-refractivity contribution in [2.75, 3.05) is 13.2 Å². The average molecular weight is 360 g/mol. The molecule has 6 heteroatoms. The van der Waals surface area contributed by atoms with Gasteiger partial charge in [-0.05, 0) is 35.7 Å². The topological polar surface area (TPSA) is 71.1 Å². The van der Waals surface area contributed by atoms with Crippen LogP contribution in [0.4, 0.5) is 0 Å². The number of H-pyrrole nitrogens is 1. The fraction of sp³-hybridized carbons (Fsp3) is 0.286. The van der Waals surface area contributed by atoms with Crippen LogP contribution in [0.5, 0.6) is 5.75 Å². The fourth-order valence-corrected chi connectivity index (χ4v) is 3.85. The lowest BCUT2D eigenvalue weighted by Crippen LogP contribution is -2.35. The van der Waals surface area contributed by atoms with Crippen molar-refractivity contribution >= 4 is 0 Å². The minimum absolute atomic E-state index is 0.0463. The van der Waals surface area contributed by atoms with E-state index >= 15 is 0 Å². The van der Waals surface area contributed by atoms with E-state index in [-0.39, 0.29) is 5.56 Å². The summed E-state index contributed by atoms with van der Waals surface area (Å²) in [5.74, 6) is 1.55. The number of aromatic amines is 1. The molecule has 0 radical (unpaired) electrons. The van der Waals surface area contributed by atoms with Crippen LogP contribution >= 0.6 is 0 Å². The number of pyridine rings is 1. The van der Waals surface area contributed by atoms with Gasteiger partial charge in [0.2, 0.25) is 0 Å². The molecule has 0 saturated heterocycles. The summed E-state index contributed by atoms with van der Waals surface area (Å²) in [6.45, 7) is 3.15. The predicted octanol–water partition coefficient (Wildman–Crippen LogP) is 2.33. The molecule has 2 aromatic heterocycles. The van der Waals surface area contributed by atoms with Crippen LogP contribution in [-0.2, 0) is 25.9 Å². The third-order valence-electron chi connectivity index (χ3n) is 5.22. The van der Waals surface area contributed by atoms with Crippen molar-refractivity contribution in [2.24, 2.45) is 0 Å². The Kier molecular flexibility index (Phi) is 3.98.